The van der Waals surface area contributed by atoms with Gasteiger partial charge in [0.1, 0.15) is 0 Å². The smallest absolute Gasteiger partial charge is 0.208 e. The van der Waals surface area contributed by atoms with E-state index in [9.17, 15) is 8.42 Å². The average Bonchev–Trinajstić information content (AvgIpc) is 2.49. The number of rotatable bonds is 5. The van der Waals surface area contributed by atoms with Crippen LogP contribution in [0.3, 0.4) is 0 Å². The Hall–Kier alpha value is -1.60. The second-order valence-corrected chi connectivity index (χ2v) is 7.18. The van der Waals surface area contributed by atoms with Crippen LogP contribution in [0.4, 0.5) is 0 Å². The van der Waals surface area contributed by atoms with Crippen molar-refractivity contribution in [1.82, 2.24) is 14.9 Å². The van der Waals surface area contributed by atoms with E-state index in [-0.39, 0.29) is 0 Å². The summed E-state index contributed by atoms with van der Waals surface area (Å²) in [5.74, 6) is 0.840. The van der Waals surface area contributed by atoms with Crippen LogP contribution in [0.15, 0.2) is 29.3 Å². The van der Waals surface area contributed by atoms with Crippen LogP contribution in [-0.2, 0) is 23.0 Å². The fraction of sp³-hybridized carbons (Fsp3) is 0.533. The number of sulfonamides is 1. The van der Waals surface area contributed by atoms with E-state index in [4.69, 9.17) is 0 Å². The van der Waals surface area contributed by atoms with Crippen molar-refractivity contribution in [2.75, 3.05) is 32.4 Å². The standard InChI is InChI=1S/C15H24N4O2S/c1-3-16-15(17-9-10-18-22(2,20)21)19-11-8-13-6-4-5-7-14(13)12-19/h4-7,18H,3,8-12H2,1-2H3,(H,16,17). The molecule has 0 unspecified atom stereocenters. The van der Waals surface area contributed by atoms with Crippen LogP contribution >= 0.6 is 0 Å². The molecular weight excluding hydrogens is 300 g/mol. The molecule has 0 atom stereocenters. The van der Waals surface area contributed by atoms with Crippen LogP contribution in [0.1, 0.15) is 18.1 Å². The van der Waals surface area contributed by atoms with Gasteiger partial charge in [-0.05, 0) is 24.5 Å². The fourth-order valence-electron chi connectivity index (χ4n) is 2.50. The minimum absolute atomic E-state index is 0.318. The van der Waals surface area contributed by atoms with E-state index in [0.717, 1.165) is 38.3 Å². The molecule has 0 amide bonds. The first-order valence-corrected chi connectivity index (χ1v) is 9.43. The highest BCUT2D eigenvalue weighted by atomic mass is 32.2. The first-order chi connectivity index (χ1) is 10.5. The Bertz CT molecular complexity index is 628. The third-order valence-electron chi connectivity index (χ3n) is 3.50. The largest absolute Gasteiger partial charge is 0.357 e. The molecule has 0 aromatic heterocycles. The molecule has 0 fully saturated rings. The zero-order chi connectivity index (χ0) is 16.0. The molecule has 122 valence electrons. The van der Waals surface area contributed by atoms with Gasteiger partial charge in [-0.1, -0.05) is 24.3 Å². The molecule has 1 aromatic rings. The summed E-state index contributed by atoms with van der Waals surface area (Å²) < 4.78 is 24.6. The second-order valence-electron chi connectivity index (χ2n) is 5.34. The number of hydrogen-bond acceptors (Lipinski definition) is 3. The summed E-state index contributed by atoms with van der Waals surface area (Å²) >= 11 is 0. The molecule has 2 rings (SSSR count). The van der Waals surface area contributed by atoms with Crippen molar-refractivity contribution < 1.29 is 8.42 Å². The van der Waals surface area contributed by atoms with E-state index in [1.807, 2.05) is 6.92 Å². The quantitative estimate of drug-likeness (QED) is 0.471. The van der Waals surface area contributed by atoms with Crippen LogP contribution in [0.5, 0.6) is 0 Å². The maximum atomic E-state index is 11.1. The van der Waals surface area contributed by atoms with Crippen LogP contribution in [0.25, 0.3) is 0 Å². The highest BCUT2D eigenvalue weighted by molar-refractivity contribution is 7.88. The van der Waals surface area contributed by atoms with Crippen molar-refractivity contribution in [1.29, 1.82) is 0 Å². The lowest BCUT2D eigenvalue weighted by Gasteiger charge is -2.31. The Labute approximate surface area is 132 Å². The van der Waals surface area contributed by atoms with Crippen molar-refractivity contribution in [2.45, 2.75) is 19.9 Å². The lowest BCUT2D eigenvalue weighted by atomic mass is 10.0. The van der Waals surface area contributed by atoms with Gasteiger partial charge in [0.25, 0.3) is 0 Å². The third kappa shape index (κ3) is 4.99. The maximum absolute atomic E-state index is 11.1. The number of aliphatic imine (C=N–C) groups is 1. The van der Waals surface area contributed by atoms with Gasteiger partial charge in [0.05, 0.1) is 12.8 Å². The van der Waals surface area contributed by atoms with Crippen LogP contribution in [0.2, 0.25) is 0 Å². The van der Waals surface area contributed by atoms with Gasteiger partial charge in [0.15, 0.2) is 5.96 Å². The van der Waals surface area contributed by atoms with Gasteiger partial charge in [-0.3, -0.25) is 4.99 Å². The molecule has 1 aromatic carbocycles. The summed E-state index contributed by atoms with van der Waals surface area (Å²) in [6.45, 7) is 5.31. The maximum Gasteiger partial charge on any atom is 0.208 e. The summed E-state index contributed by atoms with van der Waals surface area (Å²) in [7, 11) is -3.15. The summed E-state index contributed by atoms with van der Waals surface area (Å²) in [4.78, 5) is 6.73. The Morgan fingerprint density at radius 3 is 2.73 bits per heavy atom. The first-order valence-electron chi connectivity index (χ1n) is 7.54. The lowest BCUT2D eigenvalue weighted by molar-refractivity contribution is 0.379. The lowest BCUT2D eigenvalue weighted by Crippen LogP contribution is -2.44. The zero-order valence-corrected chi connectivity index (χ0v) is 14.0. The van der Waals surface area contributed by atoms with E-state index < -0.39 is 10.0 Å². The van der Waals surface area contributed by atoms with E-state index in [0.29, 0.717) is 13.1 Å². The van der Waals surface area contributed by atoms with Gasteiger partial charge < -0.3 is 10.2 Å². The predicted molar refractivity (Wildman–Crippen MR) is 89.4 cm³/mol. The second kappa shape index (κ2) is 7.60. The van der Waals surface area contributed by atoms with E-state index in [1.165, 1.54) is 11.1 Å². The minimum Gasteiger partial charge on any atom is -0.357 e. The molecule has 0 radical (unpaired) electrons. The fourth-order valence-corrected chi connectivity index (χ4v) is 2.96. The molecule has 0 saturated heterocycles. The number of hydrogen-bond donors (Lipinski definition) is 2. The first kappa shape index (κ1) is 16.8. The van der Waals surface area contributed by atoms with Gasteiger partial charge in [0.2, 0.25) is 10.0 Å². The number of nitrogens with zero attached hydrogens (tertiary/aromatic N) is 2. The zero-order valence-electron chi connectivity index (χ0n) is 13.2. The van der Waals surface area contributed by atoms with Crippen molar-refractivity contribution in [3.8, 4) is 0 Å². The molecule has 1 heterocycles. The monoisotopic (exact) mass is 324 g/mol. The van der Waals surface area contributed by atoms with Gasteiger partial charge in [-0.25, -0.2) is 13.1 Å². The van der Waals surface area contributed by atoms with E-state index in [1.54, 1.807) is 0 Å². The highest BCUT2D eigenvalue weighted by Crippen LogP contribution is 2.18. The molecule has 0 bridgehead atoms. The summed E-state index contributed by atoms with van der Waals surface area (Å²) in [6, 6.07) is 8.45. The molecule has 0 saturated carbocycles. The van der Waals surface area contributed by atoms with Crippen molar-refractivity contribution >= 4 is 16.0 Å². The average molecular weight is 324 g/mol. The van der Waals surface area contributed by atoms with Gasteiger partial charge in [-0.2, -0.15) is 0 Å². The van der Waals surface area contributed by atoms with Gasteiger partial charge >= 0.3 is 0 Å². The predicted octanol–water partition coefficient (Wildman–Crippen LogP) is 0.559. The van der Waals surface area contributed by atoms with Gasteiger partial charge in [0, 0.05) is 26.2 Å². The Morgan fingerprint density at radius 1 is 1.32 bits per heavy atom. The number of benzene rings is 1. The normalized spacial score (nSPS) is 15.5. The Morgan fingerprint density at radius 2 is 2.05 bits per heavy atom. The molecule has 22 heavy (non-hydrogen) atoms. The number of guanidine groups is 1. The molecule has 6 nitrogen and oxygen atoms in total. The van der Waals surface area contributed by atoms with Crippen molar-refractivity contribution in [3.63, 3.8) is 0 Å². The number of fused-ring (bicyclic) bond motifs is 1. The minimum atomic E-state index is -3.15. The third-order valence-corrected chi connectivity index (χ3v) is 4.23. The molecule has 2 N–H and O–H groups in total. The molecule has 1 aliphatic heterocycles. The topological polar surface area (TPSA) is 73.8 Å². The molecular formula is C15H24N4O2S. The summed E-state index contributed by atoms with van der Waals surface area (Å²) in [5, 5.41) is 3.28. The Kier molecular flexibility index (Phi) is 5.79. The SMILES string of the molecule is CCNC(=NCCNS(C)(=O)=O)N1CCc2ccccc2C1. The number of nitrogens with one attached hydrogen (secondary N) is 2. The van der Waals surface area contributed by atoms with Crippen molar-refractivity contribution in [2.24, 2.45) is 4.99 Å². The highest BCUT2D eigenvalue weighted by Gasteiger charge is 2.18. The molecule has 0 aliphatic carbocycles. The van der Waals surface area contributed by atoms with E-state index in [2.05, 4.69) is 44.2 Å². The Balaban J connectivity index is 1.99. The van der Waals surface area contributed by atoms with E-state index >= 15 is 0 Å². The summed E-state index contributed by atoms with van der Waals surface area (Å²) in [5.41, 5.74) is 2.72. The summed E-state index contributed by atoms with van der Waals surface area (Å²) in [6.07, 6.45) is 2.16. The molecule has 7 heteroatoms. The molecule has 0 spiro atoms. The van der Waals surface area contributed by atoms with Crippen LogP contribution in [0, 0.1) is 0 Å². The van der Waals surface area contributed by atoms with Crippen LogP contribution in [-0.4, -0.2) is 51.7 Å². The van der Waals surface area contributed by atoms with Gasteiger partial charge in [-0.15, -0.1) is 0 Å². The van der Waals surface area contributed by atoms with Crippen molar-refractivity contribution in [3.05, 3.63) is 35.4 Å². The van der Waals surface area contributed by atoms with Crippen LogP contribution < -0.4 is 10.0 Å². The molecule has 1 aliphatic rings.